The van der Waals surface area contributed by atoms with Gasteiger partial charge < -0.3 is 15.0 Å². The van der Waals surface area contributed by atoms with Crippen LogP contribution >= 0.6 is 11.3 Å². The lowest BCUT2D eigenvalue weighted by atomic mass is 10.3. The van der Waals surface area contributed by atoms with E-state index < -0.39 is 0 Å². The summed E-state index contributed by atoms with van der Waals surface area (Å²) in [6, 6.07) is 0. The zero-order valence-electron chi connectivity index (χ0n) is 15.5. The summed E-state index contributed by atoms with van der Waals surface area (Å²) in [5, 5.41) is 4.48. The summed E-state index contributed by atoms with van der Waals surface area (Å²) in [4.78, 5) is 27.4. The first kappa shape index (κ1) is 17.8. The quantitative estimate of drug-likeness (QED) is 0.684. The summed E-state index contributed by atoms with van der Waals surface area (Å²) in [5.41, 5.74) is 1.56. The molecule has 3 aromatic heterocycles. The second kappa shape index (κ2) is 8.00. The number of morpholine rings is 1. The van der Waals surface area contributed by atoms with Gasteiger partial charge in [-0.1, -0.05) is 0 Å². The van der Waals surface area contributed by atoms with Gasteiger partial charge in [0.15, 0.2) is 17.3 Å². The Morgan fingerprint density at radius 2 is 1.79 bits per heavy atom. The number of nitrogens with one attached hydrogen (secondary N) is 1. The number of thiazole rings is 1. The van der Waals surface area contributed by atoms with E-state index in [2.05, 4.69) is 25.1 Å². The lowest BCUT2D eigenvalue weighted by Gasteiger charge is -2.28. The molecule has 146 valence electrons. The predicted octanol–water partition coefficient (Wildman–Crippen LogP) is 0.785. The Hall–Kier alpha value is -2.27. The van der Waals surface area contributed by atoms with Crippen LogP contribution in [0.4, 0.5) is 5.82 Å². The maximum Gasteiger partial charge on any atom is 0.176 e. The Balaban J connectivity index is 1.55. The molecule has 0 unspecified atom stereocenters. The van der Waals surface area contributed by atoms with Crippen LogP contribution in [0.2, 0.25) is 0 Å². The van der Waals surface area contributed by atoms with E-state index in [-0.39, 0.29) is 0 Å². The van der Waals surface area contributed by atoms with Crippen LogP contribution in [0.3, 0.4) is 0 Å². The van der Waals surface area contributed by atoms with Crippen LogP contribution in [0.15, 0.2) is 18.7 Å². The van der Waals surface area contributed by atoms with Gasteiger partial charge in [-0.3, -0.25) is 4.90 Å². The molecule has 0 aromatic carbocycles. The number of piperazine rings is 1. The molecule has 9 nitrogen and oxygen atoms in total. The molecule has 5 heterocycles. The van der Waals surface area contributed by atoms with Crippen molar-refractivity contribution in [3.05, 3.63) is 23.7 Å². The molecule has 1 N–H and O–H groups in total. The van der Waals surface area contributed by atoms with E-state index >= 15 is 0 Å². The largest absolute Gasteiger partial charge is 0.378 e. The van der Waals surface area contributed by atoms with E-state index in [0.29, 0.717) is 19.0 Å². The molecule has 3 aromatic rings. The van der Waals surface area contributed by atoms with Crippen LogP contribution in [-0.4, -0.2) is 82.3 Å². The molecule has 0 radical (unpaired) electrons. The number of ether oxygens (including phenoxy) is 1. The van der Waals surface area contributed by atoms with E-state index in [1.165, 1.54) is 6.33 Å². The van der Waals surface area contributed by atoms with Crippen LogP contribution in [0.5, 0.6) is 0 Å². The fourth-order valence-electron chi connectivity index (χ4n) is 3.51. The topological polar surface area (TPSA) is 92.2 Å². The Morgan fingerprint density at radius 3 is 2.57 bits per heavy atom. The van der Waals surface area contributed by atoms with Gasteiger partial charge in [0.25, 0.3) is 0 Å². The first-order chi connectivity index (χ1) is 13.9. The highest BCUT2D eigenvalue weighted by atomic mass is 32.1. The van der Waals surface area contributed by atoms with Gasteiger partial charge in [0.1, 0.15) is 16.0 Å². The summed E-state index contributed by atoms with van der Waals surface area (Å²) in [6.07, 6.45) is 5.00. The van der Waals surface area contributed by atoms with Crippen molar-refractivity contribution in [2.75, 3.05) is 57.4 Å². The van der Waals surface area contributed by atoms with Crippen molar-refractivity contribution < 1.29 is 4.74 Å². The molecule has 0 atom stereocenters. The SMILES string of the molecule is c1ncc(-c2nc(N3CCOCC3)c3sc(CN4CCNCC4)nc3n2)cn1. The monoisotopic (exact) mass is 398 g/mol. The molecule has 0 amide bonds. The molecule has 5 rings (SSSR count). The average molecular weight is 398 g/mol. The zero-order valence-corrected chi connectivity index (χ0v) is 16.4. The third-order valence-corrected chi connectivity index (χ3v) is 6.00. The smallest absolute Gasteiger partial charge is 0.176 e. The van der Waals surface area contributed by atoms with Crippen molar-refractivity contribution in [3.8, 4) is 11.4 Å². The molecule has 0 saturated carbocycles. The van der Waals surface area contributed by atoms with Crippen LogP contribution in [-0.2, 0) is 11.3 Å². The highest BCUT2D eigenvalue weighted by Crippen LogP contribution is 2.32. The van der Waals surface area contributed by atoms with Gasteiger partial charge in [-0.15, -0.1) is 11.3 Å². The summed E-state index contributed by atoms with van der Waals surface area (Å²) in [7, 11) is 0. The summed E-state index contributed by atoms with van der Waals surface area (Å²) < 4.78 is 6.57. The van der Waals surface area contributed by atoms with E-state index in [9.17, 15) is 0 Å². The lowest BCUT2D eigenvalue weighted by Crippen LogP contribution is -2.42. The van der Waals surface area contributed by atoms with E-state index in [1.807, 2.05) is 0 Å². The van der Waals surface area contributed by atoms with Crippen LogP contribution in [0, 0.1) is 0 Å². The number of nitrogens with zero attached hydrogens (tertiary/aromatic N) is 7. The van der Waals surface area contributed by atoms with Gasteiger partial charge in [-0.05, 0) is 0 Å². The second-order valence-electron chi connectivity index (χ2n) is 6.88. The first-order valence-electron chi connectivity index (χ1n) is 9.55. The Bertz CT molecular complexity index is 937. The third kappa shape index (κ3) is 3.68. The maximum absolute atomic E-state index is 5.52. The van der Waals surface area contributed by atoms with Crippen molar-refractivity contribution in [2.24, 2.45) is 0 Å². The van der Waals surface area contributed by atoms with Gasteiger partial charge >= 0.3 is 0 Å². The normalized spacial score (nSPS) is 18.6. The van der Waals surface area contributed by atoms with Crippen molar-refractivity contribution in [2.45, 2.75) is 6.54 Å². The molecule has 28 heavy (non-hydrogen) atoms. The number of hydrogen-bond acceptors (Lipinski definition) is 10. The Kier molecular flexibility index (Phi) is 5.08. The molecule has 2 saturated heterocycles. The van der Waals surface area contributed by atoms with Crippen molar-refractivity contribution in [1.82, 2.24) is 35.1 Å². The number of rotatable bonds is 4. The number of aromatic nitrogens is 5. The Labute approximate surface area is 166 Å². The molecule has 2 aliphatic rings. The fraction of sp³-hybridized carbons (Fsp3) is 0.500. The van der Waals surface area contributed by atoms with E-state index in [0.717, 1.165) is 72.5 Å². The number of hydrogen-bond donors (Lipinski definition) is 1. The third-order valence-electron chi connectivity index (χ3n) is 4.98. The minimum atomic E-state index is 0.619. The van der Waals surface area contributed by atoms with Crippen molar-refractivity contribution >= 4 is 27.5 Å². The minimum absolute atomic E-state index is 0.619. The molecule has 2 fully saturated rings. The van der Waals surface area contributed by atoms with E-state index in [4.69, 9.17) is 19.7 Å². The number of anilines is 1. The minimum Gasteiger partial charge on any atom is -0.378 e. The average Bonchev–Trinajstić information content (AvgIpc) is 3.17. The molecule has 0 aliphatic carbocycles. The van der Waals surface area contributed by atoms with Crippen molar-refractivity contribution in [3.63, 3.8) is 0 Å². The lowest BCUT2D eigenvalue weighted by molar-refractivity contribution is 0.122. The Morgan fingerprint density at radius 1 is 1.00 bits per heavy atom. The first-order valence-corrected chi connectivity index (χ1v) is 10.4. The van der Waals surface area contributed by atoms with Crippen molar-refractivity contribution in [1.29, 1.82) is 0 Å². The molecule has 0 spiro atoms. The molecular formula is C18H22N8OS. The molecule has 10 heteroatoms. The fourth-order valence-corrected chi connectivity index (χ4v) is 4.58. The standard InChI is InChI=1S/C18H22N8OS/c1-3-25(4-2-19-1)11-14-22-17-15(28-14)18(26-5-7-27-8-6-26)24-16(23-17)13-9-20-12-21-10-13/h9-10,12,19H,1-8,11H2. The molecular weight excluding hydrogens is 376 g/mol. The highest BCUT2D eigenvalue weighted by Gasteiger charge is 2.22. The summed E-state index contributed by atoms with van der Waals surface area (Å²) >= 11 is 1.70. The van der Waals surface area contributed by atoms with Gasteiger partial charge in [-0.25, -0.2) is 24.9 Å². The van der Waals surface area contributed by atoms with Crippen LogP contribution in [0.1, 0.15) is 5.01 Å². The van der Waals surface area contributed by atoms with Gasteiger partial charge in [0, 0.05) is 51.7 Å². The summed E-state index contributed by atoms with van der Waals surface area (Å²) in [5.74, 6) is 1.56. The van der Waals surface area contributed by atoms with Gasteiger partial charge in [-0.2, -0.15) is 0 Å². The molecule has 0 bridgehead atoms. The van der Waals surface area contributed by atoms with Crippen LogP contribution < -0.4 is 10.2 Å². The van der Waals surface area contributed by atoms with Crippen LogP contribution in [0.25, 0.3) is 21.7 Å². The molecule has 2 aliphatic heterocycles. The maximum atomic E-state index is 5.52. The van der Waals surface area contributed by atoms with Gasteiger partial charge in [0.05, 0.1) is 25.3 Å². The van der Waals surface area contributed by atoms with E-state index in [1.54, 1.807) is 23.7 Å². The number of fused-ring (bicyclic) bond motifs is 1. The second-order valence-corrected chi connectivity index (χ2v) is 7.97. The predicted molar refractivity (Wildman–Crippen MR) is 107 cm³/mol. The van der Waals surface area contributed by atoms with Gasteiger partial charge in [0.2, 0.25) is 0 Å². The zero-order chi connectivity index (χ0) is 18.8. The highest BCUT2D eigenvalue weighted by molar-refractivity contribution is 7.19. The summed E-state index contributed by atoms with van der Waals surface area (Å²) in [6.45, 7) is 8.07.